The number of benzene rings is 2. The molecule has 0 aliphatic heterocycles. The molecule has 1 aliphatic carbocycles. The van der Waals surface area contributed by atoms with E-state index in [-0.39, 0.29) is 23.5 Å². The monoisotopic (exact) mass is 362 g/mol. The number of fused-ring (bicyclic) bond motifs is 1. The Kier molecular flexibility index (Phi) is 5.08. The second-order valence-electron chi connectivity index (χ2n) is 6.41. The average molecular weight is 362 g/mol. The molecule has 25 heavy (non-hydrogen) atoms. The predicted octanol–water partition coefficient (Wildman–Crippen LogP) is 2.06. The summed E-state index contributed by atoms with van der Waals surface area (Å²) in [5.74, 6) is -0.859. The molecule has 2 aromatic carbocycles. The number of nitrogens with zero attached hydrogens (tertiary/aromatic N) is 1. The van der Waals surface area contributed by atoms with Crippen molar-refractivity contribution in [2.75, 3.05) is 13.1 Å². The fraction of sp³-hybridized carbons (Fsp3) is 0.389. The zero-order valence-electron chi connectivity index (χ0n) is 14.1. The Morgan fingerprint density at radius 3 is 2.52 bits per heavy atom. The fourth-order valence-electron chi connectivity index (χ4n) is 3.28. The van der Waals surface area contributed by atoms with E-state index in [4.69, 9.17) is 5.11 Å². The number of carbonyl (C=O) groups is 1. The van der Waals surface area contributed by atoms with Gasteiger partial charge in [-0.15, -0.1) is 0 Å². The number of hydrogen-bond acceptors (Lipinski definition) is 4. The van der Waals surface area contributed by atoms with Crippen LogP contribution in [0.25, 0.3) is 10.8 Å². The van der Waals surface area contributed by atoms with Gasteiger partial charge in [0, 0.05) is 12.1 Å². The van der Waals surface area contributed by atoms with Crippen LogP contribution in [0.3, 0.4) is 0 Å². The van der Waals surface area contributed by atoms with Crippen LogP contribution < -0.4 is 4.72 Å². The maximum atomic E-state index is 12.6. The van der Waals surface area contributed by atoms with E-state index in [1.165, 1.54) is 0 Å². The highest BCUT2D eigenvalue weighted by Crippen LogP contribution is 2.27. The summed E-state index contributed by atoms with van der Waals surface area (Å²) in [7, 11) is -3.58. The van der Waals surface area contributed by atoms with E-state index < -0.39 is 16.0 Å². The molecule has 1 saturated carbocycles. The van der Waals surface area contributed by atoms with Crippen molar-refractivity contribution in [3.05, 3.63) is 42.5 Å². The Balaban J connectivity index is 1.65. The van der Waals surface area contributed by atoms with Crippen molar-refractivity contribution in [3.8, 4) is 0 Å². The van der Waals surface area contributed by atoms with Crippen molar-refractivity contribution in [1.29, 1.82) is 0 Å². The molecule has 0 saturated heterocycles. The van der Waals surface area contributed by atoms with Crippen LogP contribution in [0.5, 0.6) is 0 Å². The van der Waals surface area contributed by atoms with Gasteiger partial charge in [-0.3, -0.25) is 9.69 Å². The SMILES string of the molecule is CCN(CC(=O)O)C1CC(NS(=O)(=O)c2ccc3ccccc3c2)C1. The van der Waals surface area contributed by atoms with Crippen LogP contribution in [0, 0.1) is 0 Å². The Morgan fingerprint density at radius 1 is 1.20 bits per heavy atom. The molecule has 0 heterocycles. The Hall–Kier alpha value is -1.96. The third kappa shape index (κ3) is 4.00. The van der Waals surface area contributed by atoms with Crippen LogP contribution in [0.1, 0.15) is 19.8 Å². The minimum Gasteiger partial charge on any atom is -0.480 e. The minimum atomic E-state index is -3.58. The van der Waals surface area contributed by atoms with E-state index >= 15 is 0 Å². The predicted molar refractivity (Wildman–Crippen MR) is 96.0 cm³/mol. The summed E-state index contributed by atoms with van der Waals surface area (Å²) in [6, 6.07) is 12.7. The second-order valence-corrected chi connectivity index (χ2v) is 8.12. The van der Waals surface area contributed by atoms with Crippen molar-refractivity contribution >= 4 is 26.8 Å². The molecular weight excluding hydrogens is 340 g/mol. The van der Waals surface area contributed by atoms with Crippen LogP contribution in [0.4, 0.5) is 0 Å². The lowest BCUT2D eigenvalue weighted by molar-refractivity contribution is -0.139. The van der Waals surface area contributed by atoms with Crippen LogP contribution in [-0.4, -0.2) is 49.6 Å². The summed E-state index contributed by atoms with van der Waals surface area (Å²) >= 11 is 0. The van der Waals surface area contributed by atoms with E-state index in [2.05, 4.69) is 4.72 Å². The molecule has 0 spiro atoms. The molecule has 0 bridgehead atoms. The van der Waals surface area contributed by atoms with Gasteiger partial charge in [0.1, 0.15) is 0 Å². The number of carboxylic acid groups (broad SMARTS) is 1. The molecule has 2 aromatic rings. The third-order valence-electron chi connectivity index (χ3n) is 4.73. The summed E-state index contributed by atoms with van der Waals surface area (Å²) < 4.78 is 27.9. The number of rotatable bonds is 7. The van der Waals surface area contributed by atoms with Gasteiger partial charge in [0.25, 0.3) is 0 Å². The Labute approximate surface area is 147 Å². The van der Waals surface area contributed by atoms with Crippen molar-refractivity contribution in [2.45, 2.75) is 36.7 Å². The quantitative estimate of drug-likeness (QED) is 0.787. The summed E-state index contributed by atoms with van der Waals surface area (Å²) in [6.45, 7) is 2.54. The molecule has 2 N–H and O–H groups in total. The highest BCUT2D eigenvalue weighted by molar-refractivity contribution is 7.89. The molecule has 6 nitrogen and oxygen atoms in total. The number of nitrogens with one attached hydrogen (secondary N) is 1. The van der Waals surface area contributed by atoms with Crippen molar-refractivity contribution in [3.63, 3.8) is 0 Å². The molecule has 1 aliphatic rings. The van der Waals surface area contributed by atoms with Crippen LogP contribution >= 0.6 is 0 Å². The second kappa shape index (κ2) is 7.11. The normalized spacial score (nSPS) is 20.6. The first-order valence-electron chi connectivity index (χ1n) is 8.36. The zero-order valence-corrected chi connectivity index (χ0v) is 14.9. The van der Waals surface area contributed by atoms with Gasteiger partial charge >= 0.3 is 5.97 Å². The van der Waals surface area contributed by atoms with Crippen LogP contribution in [-0.2, 0) is 14.8 Å². The van der Waals surface area contributed by atoms with Gasteiger partial charge in [-0.1, -0.05) is 37.3 Å². The lowest BCUT2D eigenvalue weighted by Crippen LogP contribution is -2.54. The van der Waals surface area contributed by atoms with Gasteiger partial charge in [-0.05, 0) is 42.3 Å². The summed E-state index contributed by atoms with van der Waals surface area (Å²) in [6.07, 6.45) is 1.27. The lowest BCUT2D eigenvalue weighted by atomic mass is 9.86. The van der Waals surface area contributed by atoms with Crippen molar-refractivity contribution in [2.24, 2.45) is 0 Å². The smallest absolute Gasteiger partial charge is 0.317 e. The molecule has 134 valence electrons. The molecule has 0 amide bonds. The van der Waals surface area contributed by atoms with E-state index in [9.17, 15) is 13.2 Å². The summed E-state index contributed by atoms with van der Waals surface area (Å²) in [4.78, 5) is 13.0. The van der Waals surface area contributed by atoms with Gasteiger partial charge in [-0.25, -0.2) is 13.1 Å². The first-order valence-corrected chi connectivity index (χ1v) is 9.84. The molecule has 0 unspecified atom stereocenters. The number of likely N-dealkylation sites (N-methyl/N-ethyl adjacent to an activating group) is 1. The van der Waals surface area contributed by atoms with Crippen LogP contribution in [0.15, 0.2) is 47.4 Å². The van der Waals surface area contributed by atoms with Gasteiger partial charge < -0.3 is 5.11 Å². The highest BCUT2D eigenvalue weighted by Gasteiger charge is 2.36. The van der Waals surface area contributed by atoms with E-state index in [1.54, 1.807) is 18.2 Å². The van der Waals surface area contributed by atoms with Gasteiger partial charge in [0.05, 0.1) is 11.4 Å². The average Bonchev–Trinajstić information content (AvgIpc) is 2.55. The van der Waals surface area contributed by atoms with E-state index in [1.807, 2.05) is 36.1 Å². The molecule has 3 rings (SSSR count). The summed E-state index contributed by atoms with van der Waals surface area (Å²) in [5, 5.41) is 10.8. The Morgan fingerprint density at radius 2 is 1.88 bits per heavy atom. The number of hydrogen-bond donors (Lipinski definition) is 2. The minimum absolute atomic E-state index is 0.00862. The maximum Gasteiger partial charge on any atom is 0.317 e. The molecular formula is C18H22N2O4S. The number of aliphatic carboxylic acids is 1. The molecule has 7 heteroatoms. The fourth-order valence-corrected chi connectivity index (χ4v) is 4.57. The number of sulfonamides is 1. The first kappa shape index (κ1) is 17.8. The van der Waals surface area contributed by atoms with Crippen molar-refractivity contribution in [1.82, 2.24) is 9.62 Å². The van der Waals surface area contributed by atoms with Gasteiger partial charge in [-0.2, -0.15) is 0 Å². The molecule has 0 atom stereocenters. The Bertz CT molecular complexity index is 876. The standard InChI is InChI=1S/C18H22N2O4S/c1-2-20(12-18(21)22)16-10-15(11-16)19-25(23,24)17-8-7-13-5-3-4-6-14(13)9-17/h3-9,15-16,19H,2,10-12H2,1H3,(H,21,22). The van der Waals surface area contributed by atoms with E-state index in [0.29, 0.717) is 19.4 Å². The zero-order chi connectivity index (χ0) is 18.0. The van der Waals surface area contributed by atoms with Crippen molar-refractivity contribution < 1.29 is 18.3 Å². The first-order chi connectivity index (χ1) is 11.9. The van der Waals surface area contributed by atoms with E-state index in [0.717, 1.165) is 10.8 Å². The topological polar surface area (TPSA) is 86.7 Å². The highest BCUT2D eigenvalue weighted by atomic mass is 32.2. The largest absolute Gasteiger partial charge is 0.480 e. The third-order valence-corrected chi connectivity index (χ3v) is 6.25. The lowest BCUT2D eigenvalue weighted by Gasteiger charge is -2.42. The maximum absolute atomic E-state index is 12.6. The van der Waals surface area contributed by atoms with Gasteiger partial charge in [0.15, 0.2) is 0 Å². The molecule has 0 radical (unpaired) electrons. The molecule has 1 fully saturated rings. The van der Waals surface area contributed by atoms with Gasteiger partial charge in [0.2, 0.25) is 10.0 Å². The van der Waals surface area contributed by atoms with Crippen LogP contribution in [0.2, 0.25) is 0 Å². The number of carboxylic acids is 1. The summed E-state index contributed by atoms with van der Waals surface area (Å²) in [5.41, 5.74) is 0. The molecule has 0 aromatic heterocycles.